The van der Waals surface area contributed by atoms with E-state index in [1.807, 2.05) is 12.1 Å². The highest BCUT2D eigenvalue weighted by Crippen LogP contribution is 2.06. The van der Waals surface area contributed by atoms with E-state index in [0.717, 1.165) is 5.69 Å². The average Bonchev–Trinajstić information content (AvgIpc) is 2.03. The van der Waals surface area contributed by atoms with Crippen molar-refractivity contribution < 1.29 is 22.4 Å². The first-order chi connectivity index (χ1) is 6.30. The molecule has 0 aliphatic rings. The van der Waals surface area contributed by atoms with Crippen LogP contribution >= 0.6 is 0 Å². The summed E-state index contributed by atoms with van der Waals surface area (Å²) in [5.74, 6) is 0. The number of pyridine rings is 1. The summed E-state index contributed by atoms with van der Waals surface area (Å²) in [5, 5.41) is 8.96. The van der Waals surface area contributed by atoms with Crippen molar-refractivity contribution in [3.63, 3.8) is 0 Å². The molecular weight excluding hydrogens is 201 g/mol. The van der Waals surface area contributed by atoms with Gasteiger partial charge in [0.1, 0.15) is 0 Å². The van der Waals surface area contributed by atoms with Crippen LogP contribution in [0.5, 0.6) is 0 Å². The Morgan fingerprint density at radius 2 is 1.79 bits per heavy atom. The largest absolute Gasteiger partial charge is 0.673 e. The molecule has 7 heteroatoms. The Hall–Kier alpha value is -1.11. The summed E-state index contributed by atoms with van der Waals surface area (Å²) in [4.78, 5) is 3.93. The van der Waals surface area contributed by atoms with E-state index in [9.17, 15) is 17.3 Å². The summed E-state index contributed by atoms with van der Waals surface area (Å²) in [6.07, 6.45) is 1.22. The lowest BCUT2D eigenvalue weighted by Gasteiger charge is -1.99. The van der Waals surface area contributed by atoms with E-state index < -0.39 is 13.4 Å². The molecule has 0 amide bonds. The van der Waals surface area contributed by atoms with Crippen LogP contribution in [-0.4, -0.2) is 17.3 Å². The predicted molar refractivity (Wildman–Crippen MR) is 45.1 cm³/mol. The van der Waals surface area contributed by atoms with Crippen LogP contribution in [0.1, 0.15) is 18.7 Å². The molecule has 0 spiro atoms. The van der Waals surface area contributed by atoms with Crippen molar-refractivity contribution in [2.24, 2.45) is 0 Å². The maximum absolute atomic E-state index is 9.75. The highest BCUT2D eigenvalue weighted by molar-refractivity contribution is 6.50. The second kappa shape index (κ2) is 5.59. The van der Waals surface area contributed by atoms with E-state index in [1.165, 1.54) is 0 Å². The number of aliphatic hydroxyl groups is 1. The van der Waals surface area contributed by atoms with Gasteiger partial charge in [0, 0.05) is 6.20 Å². The molecule has 0 fully saturated rings. The number of aliphatic hydroxyl groups excluding tert-OH is 1. The third-order valence-corrected chi connectivity index (χ3v) is 1.12. The molecule has 1 unspecified atom stereocenters. The third-order valence-electron chi connectivity index (χ3n) is 1.12. The van der Waals surface area contributed by atoms with Gasteiger partial charge in [0.25, 0.3) is 0 Å². The van der Waals surface area contributed by atoms with Gasteiger partial charge in [-0.25, -0.2) is 0 Å². The molecule has 0 aromatic carbocycles. The number of hydrogen-bond acceptors (Lipinski definition) is 2. The van der Waals surface area contributed by atoms with Gasteiger partial charge < -0.3 is 22.4 Å². The lowest BCUT2D eigenvalue weighted by atomic mass is 10.2. The predicted octanol–water partition coefficient (Wildman–Crippen LogP) is 2.43. The van der Waals surface area contributed by atoms with Crippen molar-refractivity contribution in [2.45, 2.75) is 13.0 Å². The Morgan fingerprint density at radius 1 is 1.29 bits per heavy atom. The van der Waals surface area contributed by atoms with E-state index in [-0.39, 0.29) is 0 Å². The van der Waals surface area contributed by atoms with E-state index in [4.69, 9.17) is 5.11 Å². The van der Waals surface area contributed by atoms with Crippen LogP contribution in [0.3, 0.4) is 0 Å². The van der Waals surface area contributed by atoms with Crippen LogP contribution in [0, 0.1) is 0 Å². The first-order valence-electron chi connectivity index (χ1n) is 3.77. The van der Waals surface area contributed by atoms with E-state index in [0.29, 0.717) is 0 Å². The van der Waals surface area contributed by atoms with E-state index >= 15 is 0 Å². The summed E-state index contributed by atoms with van der Waals surface area (Å²) in [6.45, 7) is 1.70. The molecule has 1 rings (SSSR count). The average molecular weight is 210 g/mol. The minimum absolute atomic E-state index is 0.453. The lowest BCUT2D eigenvalue weighted by Crippen LogP contribution is -2.02. The number of nitrogens with zero attached hydrogens (tertiary/aromatic N) is 1. The summed E-state index contributed by atoms with van der Waals surface area (Å²) in [5.41, 5.74) is 0.720. The smallest absolute Gasteiger partial charge is 0.418 e. The van der Waals surface area contributed by atoms with Gasteiger partial charge in [-0.3, -0.25) is 4.98 Å². The molecule has 14 heavy (non-hydrogen) atoms. The first-order valence-corrected chi connectivity index (χ1v) is 3.77. The summed E-state index contributed by atoms with van der Waals surface area (Å²) in [7, 11) is -6.00. The maximum Gasteiger partial charge on any atom is 0.673 e. The van der Waals surface area contributed by atoms with Gasteiger partial charge in [0.05, 0.1) is 11.8 Å². The molecule has 2 nitrogen and oxygen atoms in total. The number of aromatic nitrogens is 1. The molecule has 1 atom stereocenters. The Labute approximate surface area is 78.7 Å². The quantitative estimate of drug-likeness (QED) is 0.570. The highest BCUT2D eigenvalue weighted by Gasteiger charge is 2.20. The van der Waals surface area contributed by atoms with Crippen LogP contribution in [0.2, 0.25) is 0 Å². The highest BCUT2D eigenvalue weighted by atomic mass is 19.5. The van der Waals surface area contributed by atoms with Gasteiger partial charge in [0.15, 0.2) is 0 Å². The fourth-order valence-corrected chi connectivity index (χ4v) is 0.623. The Kier molecular flexibility index (Phi) is 5.15. The standard InChI is InChI=1S/C7H9NO.BF4/c1-6(9)7-4-2-3-5-8-7;2-1(3,4)5/h2-6,9H,1H3;/q;-1. The van der Waals surface area contributed by atoms with Crippen LogP contribution < -0.4 is 0 Å². The minimum atomic E-state index is -6.00. The van der Waals surface area contributed by atoms with Gasteiger partial charge in [-0.2, -0.15) is 0 Å². The number of hydrogen-bond donors (Lipinski definition) is 1. The monoisotopic (exact) mass is 210 g/mol. The van der Waals surface area contributed by atoms with Crippen LogP contribution in [-0.2, 0) is 0 Å². The van der Waals surface area contributed by atoms with Crippen molar-refractivity contribution >= 4 is 7.25 Å². The molecule has 0 saturated heterocycles. The normalized spacial score (nSPS) is 12.7. The Morgan fingerprint density at radius 3 is 2.00 bits per heavy atom. The molecule has 1 aromatic rings. The number of halogens is 4. The van der Waals surface area contributed by atoms with Crippen LogP contribution in [0.25, 0.3) is 0 Å². The fourth-order valence-electron chi connectivity index (χ4n) is 0.623. The molecule has 0 bridgehead atoms. The zero-order chi connectivity index (χ0) is 11.2. The van der Waals surface area contributed by atoms with Gasteiger partial charge in [-0.15, -0.1) is 0 Å². The molecule has 0 radical (unpaired) electrons. The van der Waals surface area contributed by atoms with Gasteiger partial charge in [0.2, 0.25) is 0 Å². The molecule has 1 N–H and O–H groups in total. The zero-order valence-electron chi connectivity index (χ0n) is 7.37. The molecular formula is C7H9BF4NO-. The summed E-state index contributed by atoms with van der Waals surface area (Å²) >= 11 is 0. The third kappa shape index (κ3) is 8.99. The summed E-state index contributed by atoms with van der Waals surface area (Å²) < 4.78 is 39.0. The van der Waals surface area contributed by atoms with Crippen molar-refractivity contribution in [1.29, 1.82) is 0 Å². The minimum Gasteiger partial charge on any atom is -0.418 e. The number of rotatable bonds is 1. The van der Waals surface area contributed by atoms with Crippen LogP contribution in [0.15, 0.2) is 24.4 Å². The van der Waals surface area contributed by atoms with Crippen molar-refractivity contribution in [3.8, 4) is 0 Å². The molecule has 80 valence electrons. The Balaban J connectivity index is 0.000000292. The topological polar surface area (TPSA) is 33.1 Å². The van der Waals surface area contributed by atoms with Gasteiger partial charge in [-0.05, 0) is 19.1 Å². The van der Waals surface area contributed by atoms with Crippen LogP contribution in [0.4, 0.5) is 17.3 Å². The molecule has 0 aliphatic carbocycles. The first kappa shape index (κ1) is 12.9. The van der Waals surface area contributed by atoms with Gasteiger partial charge >= 0.3 is 7.25 Å². The van der Waals surface area contributed by atoms with Crippen molar-refractivity contribution in [2.75, 3.05) is 0 Å². The van der Waals surface area contributed by atoms with Gasteiger partial charge in [-0.1, -0.05) is 6.07 Å². The summed E-state index contributed by atoms with van der Waals surface area (Å²) in [6, 6.07) is 5.48. The van der Waals surface area contributed by atoms with Crippen molar-refractivity contribution in [1.82, 2.24) is 4.98 Å². The Bertz CT molecular complexity index is 246. The second-order valence-corrected chi connectivity index (χ2v) is 2.43. The fraction of sp³-hybridized carbons (Fsp3) is 0.286. The molecule has 1 heterocycles. The zero-order valence-corrected chi connectivity index (χ0v) is 7.37. The molecule has 1 aromatic heterocycles. The second-order valence-electron chi connectivity index (χ2n) is 2.43. The molecule has 0 saturated carbocycles. The van der Waals surface area contributed by atoms with Crippen molar-refractivity contribution in [3.05, 3.63) is 30.1 Å². The van der Waals surface area contributed by atoms with E-state index in [1.54, 1.807) is 19.2 Å². The molecule has 0 aliphatic heterocycles. The maximum atomic E-state index is 9.75. The SMILES string of the molecule is CC(O)c1ccccn1.F[B-](F)(F)F. The van der Waals surface area contributed by atoms with E-state index in [2.05, 4.69) is 4.98 Å². The lowest BCUT2D eigenvalue weighted by molar-refractivity contribution is 0.194.